The van der Waals surface area contributed by atoms with E-state index in [9.17, 15) is 17.2 Å². The first-order valence-electron chi connectivity index (χ1n) is 7.13. The van der Waals surface area contributed by atoms with Crippen LogP contribution in [0, 0.1) is 11.6 Å². The average Bonchev–Trinajstić information content (AvgIpc) is 2.98. The molecule has 22 heavy (non-hydrogen) atoms. The normalized spacial score (nSPS) is 18.7. The molecule has 0 saturated carbocycles. The first kappa shape index (κ1) is 17.3. The summed E-state index contributed by atoms with van der Waals surface area (Å²) in [6.45, 7) is 1.84. The quantitative estimate of drug-likeness (QED) is 0.736. The number of rotatable bonds is 8. The van der Waals surface area contributed by atoms with Gasteiger partial charge in [-0.1, -0.05) is 0 Å². The van der Waals surface area contributed by atoms with Crippen molar-refractivity contribution in [1.82, 2.24) is 4.72 Å². The van der Waals surface area contributed by atoms with Crippen LogP contribution in [0.3, 0.4) is 0 Å². The highest BCUT2D eigenvalue weighted by Crippen LogP contribution is 2.14. The molecular formula is C14H19F2NO4S. The summed E-state index contributed by atoms with van der Waals surface area (Å²) in [5, 5.41) is 0. The number of sulfonamides is 1. The highest BCUT2D eigenvalue weighted by Gasteiger charge is 2.17. The molecule has 1 aromatic rings. The third kappa shape index (κ3) is 4.98. The van der Waals surface area contributed by atoms with Crippen molar-refractivity contribution in [3.05, 3.63) is 29.8 Å². The van der Waals surface area contributed by atoms with Crippen molar-refractivity contribution in [3.63, 3.8) is 0 Å². The number of nitrogens with one attached hydrogen (secondary N) is 1. The average molecular weight is 335 g/mol. The summed E-state index contributed by atoms with van der Waals surface area (Å²) < 4.78 is 62.7. The van der Waals surface area contributed by atoms with Crippen LogP contribution in [0.2, 0.25) is 0 Å². The molecule has 1 fully saturated rings. The number of ether oxygens (including phenoxy) is 2. The number of benzene rings is 1. The molecule has 1 aliphatic rings. The van der Waals surface area contributed by atoms with Crippen LogP contribution >= 0.6 is 0 Å². The van der Waals surface area contributed by atoms with Crippen LogP contribution in [0.5, 0.6) is 0 Å². The summed E-state index contributed by atoms with van der Waals surface area (Å²) in [4.78, 5) is -0.299. The van der Waals surface area contributed by atoms with Crippen molar-refractivity contribution in [2.24, 2.45) is 0 Å². The van der Waals surface area contributed by atoms with Crippen LogP contribution in [-0.2, 0) is 19.5 Å². The first-order valence-corrected chi connectivity index (χ1v) is 8.61. The third-order valence-electron chi connectivity index (χ3n) is 3.29. The molecule has 1 saturated heterocycles. The van der Waals surface area contributed by atoms with Crippen molar-refractivity contribution < 1.29 is 26.7 Å². The van der Waals surface area contributed by atoms with Gasteiger partial charge in [-0.2, -0.15) is 0 Å². The fourth-order valence-electron chi connectivity index (χ4n) is 2.10. The number of hydrogen-bond acceptors (Lipinski definition) is 4. The van der Waals surface area contributed by atoms with E-state index in [0.29, 0.717) is 25.7 Å². The topological polar surface area (TPSA) is 64.6 Å². The molecule has 1 atom stereocenters. The van der Waals surface area contributed by atoms with Gasteiger partial charge in [0.25, 0.3) is 0 Å². The van der Waals surface area contributed by atoms with Gasteiger partial charge in [0.05, 0.1) is 17.6 Å². The Morgan fingerprint density at radius 3 is 2.82 bits per heavy atom. The molecule has 0 amide bonds. The third-order valence-corrected chi connectivity index (χ3v) is 4.75. The molecule has 0 aromatic heterocycles. The Morgan fingerprint density at radius 1 is 1.32 bits per heavy atom. The largest absolute Gasteiger partial charge is 0.379 e. The molecule has 2 rings (SSSR count). The maximum atomic E-state index is 13.0. The molecule has 5 nitrogen and oxygen atoms in total. The maximum Gasteiger partial charge on any atom is 0.240 e. The molecule has 1 aromatic carbocycles. The maximum absolute atomic E-state index is 13.0. The van der Waals surface area contributed by atoms with E-state index in [1.807, 2.05) is 0 Å². The lowest BCUT2D eigenvalue weighted by atomic mass is 10.2. The van der Waals surface area contributed by atoms with E-state index in [2.05, 4.69) is 4.72 Å². The molecule has 1 heterocycles. The molecule has 0 unspecified atom stereocenters. The van der Waals surface area contributed by atoms with Crippen LogP contribution in [0.1, 0.15) is 19.3 Å². The van der Waals surface area contributed by atoms with Gasteiger partial charge in [0.2, 0.25) is 10.0 Å². The van der Waals surface area contributed by atoms with E-state index in [1.54, 1.807) is 0 Å². The van der Waals surface area contributed by atoms with E-state index in [-0.39, 0.29) is 17.5 Å². The van der Waals surface area contributed by atoms with Gasteiger partial charge in [0.1, 0.15) is 0 Å². The van der Waals surface area contributed by atoms with Crippen molar-refractivity contribution in [3.8, 4) is 0 Å². The van der Waals surface area contributed by atoms with Gasteiger partial charge in [0, 0.05) is 19.8 Å². The van der Waals surface area contributed by atoms with Crippen molar-refractivity contribution in [1.29, 1.82) is 0 Å². The van der Waals surface area contributed by atoms with Gasteiger partial charge in [-0.3, -0.25) is 0 Å². The van der Waals surface area contributed by atoms with E-state index in [0.717, 1.165) is 31.6 Å². The minimum absolute atomic E-state index is 0.138. The Hall–Kier alpha value is -1.09. The lowest BCUT2D eigenvalue weighted by Crippen LogP contribution is -2.26. The van der Waals surface area contributed by atoms with Crippen molar-refractivity contribution in [2.75, 3.05) is 26.4 Å². The second kappa shape index (κ2) is 7.96. The molecular weight excluding hydrogens is 316 g/mol. The van der Waals surface area contributed by atoms with Crippen LogP contribution in [-0.4, -0.2) is 40.9 Å². The summed E-state index contributed by atoms with van der Waals surface area (Å²) in [6.07, 6.45) is 2.65. The summed E-state index contributed by atoms with van der Waals surface area (Å²) in [6, 6.07) is 2.47. The number of hydrogen-bond donors (Lipinski definition) is 1. The van der Waals surface area contributed by atoms with Gasteiger partial charge in [-0.15, -0.1) is 0 Å². The minimum atomic E-state index is -3.84. The minimum Gasteiger partial charge on any atom is -0.379 e. The lowest BCUT2D eigenvalue weighted by Gasteiger charge is -2.10. The first-order chi connectivity index (χ1) is 10.5. The van der Waals surface area contributed by atoms with Crippen molar-refractivity contribution in [2.45, 2.75) is 30.3 Å². The van der Waals surface area contributed by atoms with Gasteiger partial charge >= 0.3 is 0 Å². The van der Waals surface area contributed by atoms with Crippen LogP contribution < -0.4 is 4.72 Å². The SMILES string of the molecule is O=S(=O)(NCCCOC[C@H]1CCCO1)c1ccc(F)c(F)c1. The molecule has 8 heteroatoms. The molecule has 0 spiro atoms. The predicted octanol–water partition coefficient (Wildman–Crippen LogP) is 1.83. The Kier molecular flexibility index (Phi) is 6.25. The molecule has 0 aliphatic carbocycles. The lowest BCUT2D eigenvalue weighted by molar-refractivity contribution is 0.0169. The monoisotopic (exact) mass is 335 g/mol. The van der Waals surface area contributed by atoms with Crippen LogP contribution in [0.25, 0.3) is 0 Å². The van der Waals surface area contributed by atoms with Gasteiger partial charge in [-0.05, 0) is 37.5 Å². The highest BCUT2D eigenvalue weighted by molar-refractivity contribution is 7.89. The highest BCUT2D eigenvalue weighted by atomic mass is 32.2. The van der Waals surface area contributed by atoms with E-state index < -0.39 is 21.7 Å². The zero-order chi connectivity index (χ0) is 16.0. The zero-order valence-corrected chi connectivity index (χ0v) is 12.9. The summed E-state index contributed by atoms with van der Waals surface area (Å²) in [7, 11) is -3.84. The van der Waals surface area contributed by atoms with E-state index in [4.69, 9.17) is 9.47 Å². The molecule has 1 aliphatic heterocycles. The summed E-state index contributed by atoms with van der Waals surface area (Å²) >= 11 is 0. The second-order valence-electron chi connectivity index (χ2n) is 5.04. The zero-order valence-electron chi connectivity index (χ0n) is 12.1. The second-order valence-corrected chi connectivity index (χ2v) is 6.80. The Bertz CT molecular complexity index is 589. The Balaban J connectivity index is 1.69. The van der Waals surface area contributed by atoms with Gasteiger partial charge in [0.15, 0.2) is 11.6 Å². The van der Waals surface area contributed by atoms with Crippen molar-refractivity contribution >= 4 is 10.0 Å². The standard InChI is InChI=1S/C14H19F2NO4S/c15-13-5-4-12(9-14(13)16)22(18,19)17-6-2-7-20-10-11-3-1-8-21-11/h4-5,9,11,17H,1-3,6-8,10H2/t11-/m1/s1. The summed E-state index contributed by atoms with van der Waals surface area (Å²) in [5.41, 5.74) is 0. The van der Waals surface area contributed by atoms with Crippen LogP contribution in [0.4, 0.5) is 8.78 Å². The van der Waals surface area contributed by atoms with Crippen LogP contribution in [0.15, 0.2) is 23.1 Å². The molecule has 1 N–H and O–H groups in total. The van der Waals surface area contributed by atoms with Gasteiger partial charge in [-0.25, -0.2) is 21.9 Å². The van der Waals surface area contributed by atoms with Gasteiger partial charge < -0.3 is 9.47 Å². The molecule has 0 radical (unpaired) electrons. The molecule has 124 valence electrons. The van der Waals surface area contributed by atoms with E-state index in [1.165, 1.54) is 0 Å². The Morgan fingerprint density at radius 2 is 2.14 bits per heavy atom. The number of halogens is 2. The Labute approximate surface area is 128 Å². The smallest absolute Gasteiger partial charge is 0.240 e. The fraction of sp³-hybridized carbons (Fsp3) is 0.571. The van der Waals surface area contributed by atoms with E-state index >= 15 is 0 Å². The molecule has 0 bridgehead atoms. The summed E-state index contributed by atoms with van der Waals surface area (Å²) in [5.74, 6) is -2.27. The predicted molar refractivity (Wildman–Crippen MR) is 76.0 cm³/mol. The fourth-order valence-corrected chi connectivity index (χ4v) is 3.18.